The monoisotopic (exact) mass is 224 g/mol. The summed E-state index contributed by atoms with van der Waals surface area (Å²) in [6.07, 6.45) is -0.148. The molecule has 0 atom stereocenters. The van der Waals surface area contributed by atoms with Gasteiger partial charge < -0.3 is 14.2 Å². The lowest BCUT2D eigenvalue weighted by Crippen LogP contribution is -2.11. The molecule has 0 saturated carbocycles. The lowest BCUT2D eigenvalue weighted by molar-refractivity contribution is 0.0377. The SMILES string of the molecule is COc1cc(OC)cc(C(=O)OC(C)C)c1. The second-order valence-electron chi connectivity index (χ2n) is 3.56. The van der Waals surface area contributed by atoms with E-state index < -0.39 is 0 Å². The van der Waals surface area contributed by atoms with Crippen LogP contribution in [0.25, 0.3) is 0 Å². The molecule has 0 aliphatic carbocycles. The van der Waals surface area contributed by atoms with Crippen LogP contribution >= 0.6 is 0 Å². The van der Waals surface area contributed by atoms with Crippen LogP contribution in [0.2, 0.25) is 0 Å². The summed E-state index contributed by atoms with van der Waals surface area (Å²) in [7, 11) is 3.07. The van der Waals surface area contributed by atoms with Gasteiger partial charge in [0.25, 0.3) is 0 Å². The van der Waals surface area contributed by atoms with Crippen LogP contribution in [0.5, 0.6) is 11.5 Å². The molecule has 0 spiro atoms. The maximum atomic E-state index is 11.7. The maximum absolute atomic E-state index is 11.7. The highest BCUT2D eigenvalue weighted by Crippen LogP contribution is 2.23. The summed E-state index contributed by atoms with van der Waals surface area (Å²) in [6.45, 7) is 3.60. The average Bonchev–Trinajstić information content (AvgIpc) is 2.27. The van der Waals surface area contributed by atoms with Crippen molar-refractivity contribution in [3.8, 4) is 11.5 Å². The number of methoxy groups -OCH3 is 2. The van der Waals surface area contributed by atoms with Gasteiger partial charge in [-0.3, -0.25) is 0 Å². The fourth-order valence-corrected chi connectivity index (χ4v) is 1.21. The zero-order valence-electron chi connectivity index (χ0n) is 9.94. The largest absolute Gasteiger partial charge is 0.497 e. The average molecular weight is 224 g/mol. The van der Waals surface area contributed by atoms with Gasteiger partial charge in [0.2, 0.25) is 0 Å². The van der Waals surface area contributed by atoms with Gasteiger partial charge in [0.15, 0.2) is 0 Å². The van der Waals surface area contributed by atoms with E-state index in [9.17, 15) is 4.79 Å². The van der Waals surface area contributed by atoms with Gasteiger partial charge in [0, 0.05) is 6.07 Å². The molecule has 4 heteroatoms. The number of hydrogen-bond acceptors (Lipinski definition) is 4. The van der Waals surface area contributed by atoms with Gasteiger partial charge in [-0.25, -0.2) is 4.79 Å². The van der Waals surface area contributed by atoms with Crippen LogP contribution < -0.4 is 9.47 Å². The zero-order chi connectivity index (χ0) is 12.1. The minimum absolute atomic E-state index is 0.148. The highest BCUT2D eigenvalue weighted by molar-refractivity contribution is 5.90. The molecule has 4 nitrogen and oxygen atoms in total. The number of benzene rings is 1. The Bertz CT molecular complexity index is 349. The van der Waals surface area contributed by atoms with E-state index in [0.717, 1.165) is 0 Å². The van der Waals surface area contributed by atoms with Crippen LogP contribution in [0.1, 0.15) is 24.2 Å². The molecule has 0 saturated heterocycles. The van der Waals surface area contributed by atoms with Crippen molar-refractivity contribution in [2.45, 2.75) is 20.0 Å². The van der Waals surface area contributed by atoms with Gasteiger partial charge in [-0.05, 0) is 26.0 Å². The molecule has 0 radical (unpaired) electrons. The zero-order valence-corrected chi connectivity index (χ0v) is 9.94. The predicted octanol–water partition coefficient (Wildman–Crippen LogP) is 2.27. The van der Waals surface area contributed by atoms with Crippen molar-refractivity contribution in [1.29, 1.82) is 0 Å². The summed E-state index contributed by atoms with van der Waals surface area (Å²) in [6, 6.07) is 4.94. The van der Waals surface area contributed by atoms with E-state index in [-0.39, 0.29) is 12.1 Å². The Labute approximate surface area is 95.1 Å². The Balaban J connectivity index is 2.98. The first-order chi connectivity index (χ1) is 7.56. The fraction of sp³-hybridized carbons (Fsp3) is 0.417. The number of carbonyl (C=O) groups is 1. The van der Waals surface area contributed by atoms with Crippen LogP contribution in [0.4, 0.5) is 0 Å². The van der Waals surface area contributed by atoms with E-state index in [1.165, 1.54) is 14.2 Å². The van der Waals surface area contributed by atoms with Crippen LogP contribution in [0.3, 0.4) is 0 Å². The normalized spacial score (nSPS) is 10.1. The molecular formula is C12H16O4. The summed E-state index contributed by atoms with van der Waals surface area (Å²) in [4.78, 5) is 11.7. The molecule has 16 heavy (non-hydrogen) atoms. The first-order valence-electron chi connectivity index (χ1n) is 5.01. The van der Waals surface area contributed by atoms with Crippen LogP contribution in [-0.4, -0.2) is 26.3 Å². The smallest absolute Gasteiger partial charge is 0.338 e. The quantitative estimate of drug-likeness (QED) is 0.736. The first kappa shape index (κ1) is 12.4. The van der Waals surface area contributed by atoms with E-state index >= 15 is 0 Å². The Morgan fingerprint density at radius 3 is 1.94 bits per heavy atom. The Hall–Kier alpha value is -1.71. The molecule has 1 aromatic carbocycles. The van der Waals surface area contributed by atoms with Gasteiger partial charge in [0.1, 0.15) is 11.5 Å². The van der Waals surface area contributed by atoms with Crippen LogP contribution in [0.15, 0.2) is 18.2 Å². The van der Waals surface area contributed by atoms with Gasteiger partial charge in [-0.2, -0.15) is 0 Å². The van der Waals surface area contributed by atoms with Gasteiger partial charge in [-0.1, -0.05) is 0 Å². The van der Waals surface area contributed by atoms with Crippen molar-refractivity contribution in [1.82, 2.24) is 0 Å². The molecule has 88 valence electrons. The molecule has 0 amide bonds. The molecule has 0 aliphatic heterocycles. The van der Waals surface area contributed by atoms with E-state index in [1.54, 1.807) is 32.0 Å². The number of rotatable bonds is 4. The van der Waals surface area contributed by atoms with E-state index in [1.807, 2.05) is 0 Å². The molecule has 0 N–H and O–H groups in total. The maximum Gasteiger partial charge on any atom is 0.338 e. The van der Waals surface area contributed by atoms with Crippen molar-refractivity contribution >= 4 is 5.97 Å². The predicted molar refractivity (Wildman–Crippen MR) is 60.1 cm³/mol. The van der Waals surface area contributed by atoms with E-state index in [4.69, 9.17) is 14.2 Å². The van der Waals surface area contributed by atoms with Crippen molar-refractivity contribution in [3.05, 3.63) is 23.8 Å². The van der Waals surface area contributed by atoms with Crippen LogP contribution in [0, 0.1) is 0 Å². The summed E-state index contributed by atoms with van der Waals surface area (Å²) in [5.74, 6) is 0.748. The summed E-state index contributed by atoms with van der Waals surface area (Å²) < 4.78 is 15.2. The Morgan fingerprint density at radius 2 is 1.56 bits per heavy atom. The van der Waals surface area contributed by atoms with Crippen molar-refractivity contribution in [2.75, 3.05) is 14.2 Å². The molecule has 0 heterocycles. The molecule has 0 aromatic heterocycles. The molecule has 0 aliphatic rings. The highest BCUT2D eigenvalue weighted by Gasteiger charge is 2.12. The number of hydrogen-bond donors (Lipinski definition) is 0. The van der Waals surface area contributed by atoms with Gasteiger partial charge >= 0.3 is 5.97 Å². The lowest BCUT2D eigenvalue weighted by atomic mass is 10.2. The molecule has 0 bridgehead atoms. The third kappa shape index (κ3) is 3.15. The topological polar surface area (TPSA) is 44.8 Å². The fourth-order valence-electron chi connectivity index (χ4n) is 1.21. The molecule has 0 unspecified atom stereocenters. The van der Waals surface area contributed by atoms with Crippen molar-refractivity contribution in [3.63, 3.8) is 0 Å². The first-order valence-corrected chi connectivity index (χ1v) is 5.01. The third-order valence-electron chi connectivity index (χ3n) is 1.93. The summed E-state index contributed by atoms with van der Waals surface area (Å²) >= 11 is 0. The Morgan fingerprint density at radius 1 is 1.06 bits per heavy atom. The molecule has 1 aromatic rings. The van der Waals surface area contributed by atoms with E-state index in [0.29, 0.717) is 17.1 Å². The molecular weight excluding hydrogens is 208 g/mol. The van der Waals surface area contributed by atoms with Crippen molar-refractivity contribution in [2.24, 2.45) is 0 Å². The standard InChI is InChI=1S/C12H16O4/c1-8(2)16-12(13)9-5-10(14-3)7-11(6-9)15-4/h5-8H,1-4H3. The minimum Gasteiger partial charge on any atom is -0.497 e. The second kappa shape index (κ2) is 5.39. The Kier molecular flexibility index (Phi) is 4.17. The second-order valence-corrected chi connectivity index (χ2v) is 3.56. The molecule has 1 rings (SSSR count). The number of esters is 1. The summed E-state index contributed by atoms with van der Waals surface area (Å²) in [5, 5.41) is 0. The van der Waals surface area contributed by atoms with Crippen molar-refractivity contribution < 1.29 is 19.0 Å². The lowest BCUT2D eigenvalue weighted by Gasteiger charge is -2.10. The van der Waals surface area contributed by atoms with Gasteiger partial charge in [0.05, 0.1) is 25.9 Å². The third-order valence-corrected chi connectivity index (χ3v) is 1.93. The van der Waals surface area contributed by atoms with Gasteiger partial charge in [-0.15, -0.1) is 0 Å². The number of ether oxygens (including phenoxy) is 3. The summed E-state index contributed by atoms with van der Waals surface area (Å²) in [5.41, 5.74) is 0.421. The van der Waals surface area contributed by atoms with E-state index in [2.05, 4.69) is 0 Å². The molecule has 0 fully saturated rings. The minimum atomic E-state index is -0.382. The highest BCUT2D eigenvalue weighted by atomic mass is 16.5. The van der Waals surface area contributed by atoms with Crippen LogP contribution in [-0.2, 0) is 4.74 Å². The number of carbonyl (C=O) groups excluding carboxylic acids is 1.